The van der Waals surface area contributed by atoms with Gasteiger partial charge in [0.2, 0.25) is 0 Å². The van der Waals surface area contributed by atoms with Crippen LogP contribution in [0, 0.1) is 5.92 Å². The van der Waals surface area contributed by atoms with Crippen molar-refractivity contribution in [1.82, 2.24) is 5.32 Å². The van der Waals surface area contributed by atoms with Crippen LogP contribution < -0.4 is 5.32 Å². The van der Waals surface area contributed by atoms with Crippen molar-refractivity contribution >= 4 is 9.84 Å². The third-order valence-electron chi connectivity index (χ3n) is 3.13. The van der Waals surface area contributed by atoms with Gasteiger partial charge < -0.3 is 5.32 Å². The van der Waals surface area contributed by atoms with Crippen molar-refractivity contribution in [3.63, 3.8) is 0 Å². The molecule has 0 bridgehead atoms. The highest BCUT2D eigenvalue weighted by molar-refractivity contribution is 7.92. The summed E-state index contributed by atoms with van der Waals surface area (Å²) in [6.07, 6.45) is 1.67. The van der Waals surface area contributed by atoms with E-state index in [-0.39, 0.29) is 5.25 Å². The smallest absolute Gasteiger partial charge is 0.154 e. The summed E-state index contributed by atoms with van der Waals surface area (Å²) in [5.41, 5.74) is 0. The third-order valence-corrected chi connectivity index (χ3v) is 5.41. The maximum absolute atomic E-state index is 11.5. The highest BCUT2D eigenvalue weighted by Gasteiger charge is 2.31. The molecule has 0 saturated carbocycles. The highest BCUT2D eigenvalue weighted by Crippen LogP contribution is 2.19. The summed E-state index contributed by atoms with van der Waals surface area (Å²) in [5, 5.41) is 3.16. The zero-order chi connectivity index (χ0) is 10.8. The Morgan fingerprint density at radius 3 is 2.43 bits per heavy atom. The zero-order valence-electron chi connectivity index (χ0n) is 9.29. The lowest BCUT2D eigenvalue weighted by Crippen LogP contribution is -2.38. The van der Waals surface area contributed by atoms with E-state index in [4.69, 9.17) is 0 Å². The lowest BCUT2D eigenvalue weighted by Gasteiger charge is -2.19. The molecule has 0 aromatic rings. The van der Waals surface area contributed by atoms with Gasteiger partial charge in [-0.3, -0.25) is 0 Å². The molecule has 14 heavy (non-hydrogen) atoms. The number of rotatable bonds is 4. The molecule has 2 unspecified atom stereocenters. The van der Waals surface area contributed by atoms with E-state index in [1.165, 1.54) is 0 Å². The monoisotopic (exact) mass is 219 g/mol. The molecule has 0 aromatic heterocycles. The first-order chi connectivity index (χ1) is 6.43. The van der Waals surface area contributed by atoms with Gasteiger partial charge in [-0.1, -0.05) is 13.8 Å². The van der Waals surface area contributed by atoms with E-state index < -0.39 is 9.84 Å². The van der Waals surface area contributed by atoms with E-state index in [0.717, 1.165) is 12.8 Å². The van der Waals surface area contributed by atoms with Crippen LogP contribution in [0.3, 0.4) is 0 Å². The van der Waals surface area contributed by atoms with Gasteiger partial charge in [0.15, 0.2) is 9.84 Å². The number of sulfone groups is 1. The Morgan fingerprint density at radius 1 is 1.36 bits per heavy atom. The Labute approximate surface area is 87.2 Å². The maximum atomic E-state index is 11.5. The van der Waals surface area contributed by atoms with E-state index in [1.54, 1.807) is 0 Å². The highest BCUT2D eigenvalue weighted by atomic mass is 32.2. The fourth-order valence-electron chi connectivity index (χ4n) is 1.64. The van der Waals surface area contributed by atoms with Gasteiger partial charge in [-0.05, 0) is 25.7 Å². The van der Waals surface area contributed by atoms with Crippen molar-refractivity contribution in [3.8, 4) is 0 Å². The Kier molecular flexibility index (Phi) is 3.95. The lowest BCUT2D eigenvalue weighted by molar-refractivity contribution is 0.423. The standard InChI is InChI=1S/C10H21NO2S/c1-8(2)9(3)11-7-10-5-4-6-14(10,12)13/h8-11H,4-7H2,1-3H3. The van der Waals surface area contributed by atoms with Crippen molar-refractivity contribution in [1.29, 1.82) is 0 Å². The van der Waals surface area contributed by atoms with Crippen LogP contribution in [0.4, 0.5) is 0 Å². The quantitative estimate of drug-likeness (QED) is 0.773. The van der Waals surface area contributed by atoms with Gasteiger partial charge in [-0.15, -0.1) is 0 Å². The van der Waals surface area contributed by atoms with Crippen LogP contribution in [0.1, 0.15) is 33.6 Å². The van der Waals surface area contributed by atoms with Crippen LogP contribution in [-0.2, 0) is 9.84 Å². The molecule has 1 aliphatic rings. The largest absolute Gasteiger partial charge is 0.313 e. The Hall–Kier alpha value is -0.0900. The Bertz CT molecular complexity index is 272. The maximum Gasteiger partial charge on any atom is 0.154 e. The molecule has 1 rings (SSSR count). The van der Waals surface area contributed by atoms with Gasteiger partial charge in [0.25, 0.3) is 0 Å². The molecule has 84 valence electrons. The van der Waals surface area contributed by atoms with E-state index in [2.05, 4.69) is 26.1 Å². The van der Waals surface area contributed by atoms with E-state index >= 15 is 0 Å². The van der Waals surface area contributed by atoms with Gasteiger partial charge in [-0.25, -0.2) is 8.42 Å². The predicted octanol–water partition coefficient (Wildman–Crippen LogP) is 1.20. The summed E-state index contributed by atoms with van der Waals surface area (Å²) < 4.78 is 23.0. The number of hydrogen-bond acceptors (Lipinski definition) is 3. The first-order valence-corrected chi connectivity index (χ1v) is 7.10. The van der Waals surface area contributed by atoms with E-state index in [0.29, 0.717) is 24.3 Å². The normalized spacial score (nSPS) is 28.1. The molecular weight excluding hydrogens is 198 g/mol. The fourth-order valence-corrected chi connectivity index (χ4v) is 3.42. The number of hydrogen-bond donors (Lipinski definition) is 1. The van der Waals surface area contributed by atoms with Crippen molar-refractivity contribution < 1.29 is 8.42 Å². The topological polar surface area (TPSA) is 46.2 Å². The molecule has 0 amide bonds. The molecule has 1 saturated heterocycles. The molecular formula is C10H21NO2S. The molecule has 4 heteroatoms. The molecule has 1 heterocycles. The van der Waals surface area contributed by atoms with Gasteiger partial charge in [-0.2, -0.15) is 0 Å². The summed E-state index contributed by atoms with van der Waals surface area (Å²) in [6.45, 7) is 7.01. The van der Waals surface area contributed by atoms with Gasteiger partial charge >= 0.3 is 0 Å². The van der Waals surface area contributed by atoms with E-state index in [1.807, 2.05) is 0 Å². The van der Waals surface area contributed by atoms with Gasteiger partial charge in [0.1, 0.15) is 0 Å². The van der Waals surface area contributed by atoms with Crippen molar-refractivity contribution in [2.75, 3.05) is 12.3 Å². The molecule has 2 atom stereocenters. The van der Waals surface area contributed by atoms with E-state index in [9.17, 15) is 8.42 Å². The SMILES string of the molecule is CC(C)C(C)NCC1CCCS1(=O)=O. The molecule has 0 radical (unpaired) electrons. The number of nitrogens with one attached hydrogen (secondary N) is 1. The van der Waals surface area contributed by atoms with Crippen molar-refractivity contribution in [2.45, 2.75) is 44.9 Å². The van der Waals surface area contributed by atoms with Crippen molar-refractivity contribution in [3.05, 3.63) is 0 Å². The Balaban J connectivity index is 2.39. The van der Waals surface area contributed by atoms with Crippen LogP contribution in [0.15, 0.2) is 0 Å². The molecule has 0 aliphatic carbocycles. The second kappa shape index (κ2) is 4.62. The third kappa shape index (κ3) is 2.95. The minimum absolute atomic E-state index is 0.135. The van der Waals surface area contributed by atoms with Crippen LogP contribution in [-0.4, -0.2) is 32.0 Å². The molecule has 0 spiro atoms. The van der Waals surface area contributed by atoms with Crippen molar-refractivity contribution in [2.24, 2.45) is 5.92 Å². The summed E-state index contributed by atoms with van der Waals surface area (Å²) in [6, 6.07) is 0.394. The lowest BCUT2D eigenvalue weighted by atomic mass is 10.1. The minimum Gasteiger partial charge on any atom is -0.313 e. The summed E-state index contributed by atoms with van der Waals surface area (Å²) in [7, 11) is -2.77. The molecule has 3 nitrogen and oxygen atoms in total. The van der Waals surface area contributed by atoms with Gasteiger partial charge in [0, 0.05) is 12.6 Å². The van der Waals surface area contributed by atoms with Crippen LogP contribution in [0.25, 0.3) is 0 Å². The molecule has 0 aromatic carbocycles. The van der Waals surface area contributed by atoms with Gasteiger partial charge in [0.05, 0.1) is 11.0 Å². The second-order valence-electron chi connectivity index (χ2n) is 4.57. The van der Waals surface area contributed by atoms with Crippen LogP contribution in [0.2, 0.25) is 0 Å². The predicted molar refractivity (Wildman–Crippen MR) is 59.1 cm³/mol. The Morgan fingerprint density at radius 2 is 2.00 bits per heavy atom. The zero-order valence-corrected chi connectivity index (χ0v) is 10.1. The summed E-state index contributed by atoms with van der Waals surface area (Å²) in [5.74, 6) is 0.939. The summed E-state index contributed by atoms with van der Waals surface area (Å²) >= 11 is 0. The molecule has 1 N–H and O–H groups in total. The first-order valence-electron chi connectivity index (χ1n) is 5.38. The second-order valence-corrected chi connectivity index (χ2v) is 6.97. The average Bonchev–Trinajstić information content (AvgIpc) is 2.40. The van der Waals surface area contributed by atoms with Crippen LogP contribution in [0.5, 0.6) is 0 Å². The average molecular weight is 219 g/mol. The molecule has 1 fully saturated rings. The fraction of sp³-hybridized carbons (Fsp3) is 1.00. The molecule has 1 aliphatic heterocycles. The summed E-state index contributed by atoms with van der Waals surface area (Å²) in [4.78, 5) is 0. The minimum atomic E-state index is -2.77. The van der Waals surface area contributed by atoms with Crippen LogP contribution >= 0.6 is 0 Å². The first kappa shape index (κ1) is 12.0.